The molecule has 1 saturated heterocycles. The number of hydrogen-bond acceptors (Lipinski definition) is 5. The van der Waals surface area contributed by atoms with Crippen LogP contribution in [0.4, 0.5) is 5.69 Å². The molecule has 3 heterocycles. The highest BCUT2D eigenvalue weighted by Crippen LogP contribution is 2.39. The van der Waals surface area contributed by atoms with Crippen LogP contribution in [-0.4, -0.2) is 53.6 Å². The van der Waals surface area contributed by atoms with E-state index in [1.807, 2.05) is 18.2 Å². The average Bonchev–Trinajstić information content (AvgIpc) is 2.72. The van der Waals surface area contributed by atoms with E-state index in [2.05, 4.69) is 4.98 Å². The van der Waals surface area contributed by atoms with E-state index >= 15 is 0 Å². The van der Waals surface area contributed by atoms with Crippen LogP contribution in [0.5, 0.6) is 5.75 Å². The van der Waals surface area contributed by atoms with Gasteiger partial charge in [0.05, 0.1) is 31.1 Å². The number of amides is 2. The number of anilines is 1. The second-order valence-electron chi connectivity index (χ2n) is 7.41. The van der Waals surface area contributed by atoms with Crippen molar-refractivity contribution in [2.75, 3.05) is 31.2 Å². The lowest BCUT2D eigenvalue weighted by Crippen LogP contribution is -2.52. The lowest BCUT2D eigenvalue weighted by Gasteiger charge is -2.39. The van der Waals surface area contributed by atoms with Gasteiger partial charge in [-0.05, 0) is 44.2 Å². The largest absolute Gasteiger partial charge is 0.476 e. The van der Waals surface area contributed by atoms with Gasteiger partial charge in [-0.3, -0.25) is 19.5 Å². The maximum absolute atomic E-state index is 13.1. The Hall–Kier alpha value is -2.93. The Morgan fingerprint density at radius 1 is 1.18 bits per heavy atom. The van der Waals surface area contributed by atoms with Gasteiger partial charge in [-0.25, -0.2) is 0 Å². The first-order valence-electron chi connectivity index (χ1n) is 9.38. The fourth-order valence-corrected chi connectivity index (χ4v) is 3.46. The third-order valence-corrected chi connectivity index (χ3v) is 4.97. The van der Waals surface area contributed by atoms with Crippen molar-refractivity contribution in [2.24, 2.45) is 0 Å². The van der Waals surface area contributed by atoms with Gasteiger partial charge in [0, 0.05) is 24.8 Å². The maximum Gasteiger partial charge on any atom is 0.271 e. The second-order valence-corrected chi connectivity index (χ2v) is 7.41. The number of aromatic nitrogens is 1. The zero-order chi connectivity index (χ0) is 19.7. The molecule has 2 amide bonds. The molecule has 2 aliphatic heterocycles. The molecular formula is C21H23N3O4. The summed E-state index contributed by atoms with van der Waals surface area (Å²) >= 11 is 0. The van der Waals surface area contributed by atoms with Crippen molar-refractivity contribution in [3.05, 3.63) is 53.9 Å². The topological polar surface area (TPSA) is 72.0 Å². The molecule has 28 heavy (non-hydrogen) atoms. The van der Waals surface area contributed by atoms with Gasteiger partial charge in [0.25, 0.3) is 11.8 Å². The third-order valence-electron chi connectivity index (χ3n) is 4.97. The molecule has 1 aromatic carbocycles. The van der Waals surface area contributed by atoms with Crippen molar-refractivity contribution in [3.63, 3.8) is 0 Å². The van der Waals surface area contributed by atoms with Crippen molar-refractivity contribution >= 4 is 17.5 Å². The molecule has 146 valence electrons. The number of rotatable bonds is 3. The second kappa shape index (κ2) is 7.24. The zero-order valence-electron chi connectivity index (χ0n) is 16.1. The van der Waals surface area contributed by atoms with Crippen LogP contribution in [-0.2, 0) is 16.1 Å². The third kappa shape index (κ3) is 3.45. The first kappa shape index (κ1) is 18.4. The lowest BCUT2D eigenvalue weighted by atomic mass is 10.0. The van der Waals surface area contributed by atoms with E-state index in [9.17, 15) is 9.59 Å². The summed E-state index contributed by atoms with van der Waals surface area (Å²) < 4.78 is 11.2. The van der Waals surface area contributed by atoms with E-state index in [0.29, 0.717) is 49.8 Å². The highest BCUT2D eigenvalue weighted by molar-refractivity contribution is 6.04. The molecule has 7 heteroatoms. The molecule has 2 aliphatic rings. The number of benzene rings is 1. The van der Waals surface area contributed by atoms with Crippen LogP contribution < -0.4 is 9.64 Å². The molecule has 0 unspecified atom stereocenters. The van der Waals surface area contributed by atoms with E-state index < -0.39 is 5.60 Å². The molecule has 0 radical (unpaired) electrons. The highest BCUT2D eigenvalue weighted by Gasteiger charge is 2.41. The van der Waals surface area contributed by atoms with E-state index in [1.54, 1.807) is 48.0 Å². The number of carbonyl (C=O) groups is 2. The Bertz CT molecular complexity index is 892. The number of hydrogen-bond donors (Lipinski definition) is 0. The van der Waals surface area contributed by atoms with Crippen molar-refractivity contribution in [3.8, 4) is 5.75 Å². The van der Waals surface area contributed by atoms with Gasteiger partial charge in [-0.2, -0.15) is 0 Å². The van der Waals surface area contributed by atoms with E-state index in [0.717, 1.165) is 5.69 Å². The van der Waals surface area contributed by atoms with Crippen LogP contribution in [0.1, 0.15) is 29.9 Å². The van der Waals surface area contributed by atoms with E-state index in [-0.39, 0.29) is 11.8 Å². The van der Waals surface area contributed by atoms with Gasteiger partial charge in [0.2, 0.25) is 0 Å². The van der Waals surface area contributed by atoms with Gasteiger partial charge in [-0.15, -0.1) is 0 Å². The summed E-state index contributed by atoms with van der Waals surface area (Å²) in [6.45, 7) is 6.02. The van der Waals surface area contributed by atoms with Crippen molar-refractivity contribution in [1.29, 1.82) is 0 Å². The quantitative estimate of drug-likeness (QED) is 0.816. The first-order valence-corrected chi connectivity index (χ1v) is 9.38. The molecule has 1 aromatic heterocycles. The van der Waals surface area contributed by atoms with E-state index in [4.69, 9.17) is 9.47 Å². The normalized spacial score (nSPS) is 18.4. The Morgan fingerprint density at radius 3 is 2.68 bits per heavy atom. The fourth-order valence-electron chi connectivity index (χ4n) is 3.46. The van der Waals surface area contributed by atoms with Gasteiger partial charge in [0.15, 0.2) is 5.60 Å². The van der Waals surface area contributed by atoms with Crippen LogP contribution >= 0.6 is 0 Å². The number of pyridine rings is 1. The molecule has 0 bridgehead atoms. The highest BCUT2D eigenvalue weighted by atomic mass is 16.5. The average molecular weight is 381 g/mol. The molecule has 4 rings (SSSR count). The summed E-state index contributed by atoms with van der Waals surface area (Å²) in [5.41, 5.74) is 0.901. The summed E-state index contributed by atoms with van der Waals surface area (Å²) in [5.74, 6) is 0.349. The fraction of sp³-hybridized carbons (Fsp3) is 0.381. The van der Waals surface area contributed by atoms with Gasteiger partial charge in [-0.1, -0.05) is 6.07 Å². The minimum atomic E-state index is -0.989. The Balaban J connectivity index is 1.69. The minimum absolute atomic E-state index is 0.0684. The molecule has 0 N–H and O–H groups in total. The monoisotopic (exact) mass is 381 g/mol. The molecule has 1 fully saturated rings. The van der Waals surface area contributed by atoms with E-state index in [1.165, 1.54) is 0 Å². The molecule has 0 atom stereocenters. The predicted octanol–water partition coefficient (Wildman–Crippen LogP) is 2.26. The summed E-state index contributed by atoms with van der Waals surface area (Å²) in [7, 11) is 0. The molecule has 0 aliphatic carbocycles. The maximum atomic E-state index is 13.1. The zero-order valence-corrected chi connectivity index (χ0v) is 16.1. The summed E-state index contributed by atoms with van der Waals surface area (Å²) in [6.07, 6.45) is 1.70. The lowest BCUT2D eigenvalue weighted by molar-refractivity contribution is -0.132. The Kier molecular flexibility index (Phi) is 4.77. The predicted molar refractivity (Wildman–Crippen MR) is 103 cm³/mol. The molecule has 2 aromatic rings. The SMILES string of the molecule is CC1(C)Oc2ccc(C(=O)N3CCOCC3)cc2N(Cc2ccccn2)C1=O. The minimum Gasteiger partial charge on any atom is -0.476 e. The van der Waals surface area contributed by atoms with Gasteiger partial charge in [0.1, 0.15) is 5.75 Å². The Labute approximate surface area is 163 Å². The number of morpholine rings is 1. The molecule has 7 nitrogen and oxygen atoms in total. The van der Waals surface area contributed by atoms with Gasteiger partial charge >= 0.3 is 0 Å². The first-order chi connectivity index (χ1) is 13.5. The molecular weight excluding hydrogens is 358 g/mol. The van der Waals surface area contributed by atoms with Crippen LogP contribution in [0.2, 0.25) is 0 Å². The van der Waals surface area contributed by atoms with Crippen LogP contribution in [0.15, 0.2) is 42.6 Å². The van der Waals surface area contributed by atoms with Crippen molar-refractivity contribution in [1.82, 2.24) is 9.88 Å². The smallest absolute Gasteiger partial charge is 0.271 e. The van der Waals surface area contributed by atoms with Crippen LogP contribution in [0.25, 0.3) is 0 Å². The van der Waals surface area contributed by atoms with Crippen LogP contribution in [0.3, 0.4) is 0 Å². The number of carbonyl (C=O) groups excluding carboxylic acids is 2. The number of fused-ring (bicyclic) bond motifs is 1. The molecule has 0 saturated carbocycles. The Morgan fingerprint density at radius 2 is 1.96 bits per heavy atom. The standard InChI is InChI=1S/C21H23N3O4/c1-21(2)20(26)24(14-16-5-3-4-8-22-16)17-13-15(6-7-18(17)28-21)19(25)23-9-11-27-12-10-23/h3-8,13H,9-12,14H2,1-2H3. The van der Waals surface area contributed by atoms with Crippen LogP contribution in [0, 0.1) is 0 Å². The van der Waals surface area contributed by atoms with Gasteiger partial charge < -0.3 is 14.4 Å². The summed E-state index contributed by atoms with van der Waals surface area (Å²) in [4.78, 5) is 33.7. The number of nitrogens with zero attached hydrogens (tertiary/aromatic N) is 3. The summed E-state index contributed by atoms with van der Waals surface area (Å²) in [5, 5.41) is 0. The summed E-state index contributed by atoms with van der Waals surface area (Å²) in [6, 6.07) is 10.9. The number of ether oxygens (including phenoxy) is 2. The molecule has 0 spiro atoms. The van der Waals surface area contributed by atoms with Crippen molar-refractivity contribution in [2.45, 2.75) is 26.0 Å². The van der Waals surface area contributed by atoms with Crippen molar-refractivity contribution < 1.29 is 19.1 Å².